The highest BCUT2D eigenvalue weighted by molar-refractivity contribution is 5.89. The average Bonchev–Trinajstić information content (AvgIpc) is 4.22. The molecule has 4 atom stereocenters. The molecule has 0 bridgehead atoms. The molecule has 332 valence electrons. The summed E-state index contributed by atoms with van der Waals surface area (Å²) < 4.78 is 9.66. The Kier molecular flexibility index (Phi) is 12.5. The van der Waals surface area contributed by atoms with Gasteiger partial charge in [-0.2, -0.15) is 0 Å². The molecule has 7 aromatic rings. The van der Waals surface area contributed by atoms with Crippen LogP contribution in [0.4, 0.5) is 9.59 Å². The monoisotopic (exact) mass is 881 g/mol. The van der Waals surface area contributed by atoms with Crippen molar-refractivity contribution in [1.29, 1.82) is 0 Å². The van der Waals surface area contributed by atoms with E-state index in [4.69, 9.17) is 19.4 Å². The number of rotatable bonds is 10. The number of fused-ring (bicyclic) bond motifs is 1. The molecule has 5 heterocycles. The highest BCUT2D eigenvalue weighted by atomic mass is 16.5. The van der Waals surface area contributed by atoms with E-state index in [0.717, 1.165) is 70.2 Å². The van der Waals surface area contributed by atoms with E-state index in [0.29, 0.717) is 35.9 Å². The number of methoxy groups -OCH3 is 2. The first-order chi connectivity index (χ1) is 32.3. The van der Waals surface area contributed by atoms with Crippen molar-refractivity contribution in [2.45, 2.75) is 49.9 Å². The van der Waals surface area contributed by atoms with Gasteiger partial charge in [-0.25, -0.2) is 19.6 Å². The number of hydrogen-bond acceptors (Lipinski definition) is 9. The maximum Gasteiger partial charge on any atom is 0.407 e. The summed E-state index contributed by atoms with van der Waals surface area (Å²) in [7, 11) is 2.55. The summed E-state index contributed by atoms with van der Waals surface area (Å²) in [5, 5.41) is 6.35. The van der Waals surface area contributed by atoms with Gasteiger partial charge >= 0.3 is 12.2 Å². The van der Waals surface area contributed by atoms with Crippen molar-refractivity contribution < 1.29 is 28.7 Å². The van der Waals surface area contributed by atoms with E-state index in [1.165, 1.54) is 14.2 Å². The molecule has 0 aliphatic carbocycles. The van der Waals surface area contributed by atoms with Gasteiger partial charge in [0.15, 0.2) is 0 Å². The molecule has 0 spiro atoms. The van der Waals surface area contributed by atoms with E-state index in [1.807, 2.05) is 109 Å². The quantitative estimate of drug-likeness (QED) is 0.0990. The van der Waals surface area contributed by atoms with Gasteiger partial charge in [0.2, 0.25) is 0 Å². The SMILES string of the molecule is COC(=O)N[C@H](C(=O)N1CCC[C@H]1c1ncc(-c2ccc(C#Cc3ccc4cc(-c5cnc([C@@H]6CCCN6C(=O)[C@@H](NC(=O)OC)c6ccccc6)[nH]5)cnc4c3)cc2)[nH]1)c1ccccc1. The molecular formula is C51H47N9O6. The summed E-state index contributed by atoms with van der Waals surface area (Å²) in [6.45, 7) is 1.08. The van der Waals surface area contributed by atoms with Crippen molar-refractivity contribution in [3.05, 3.63) is 162 Å². The number of likely N-dealkylation sites (tertiary alicyclic amines) is 2. The third kappa shape index (κ3) is 9.20. The number of H-pyrrole nitrogens is 2. The van der Waals surface area contributed by atoms with Gasteiger partial charge < -0.3 is 39.9 Å². The first-order valence-corrected chi connectivity index (χ1v) is 21.8. The average molecular weight is 882 g/mol. The number of ether oxygens (including phenoxy) is 2. The molecule has 0 radical (unpaired) electrons. The molecule has 2 fully saturated rings. The van der Waals surface area contributed by atoms with Crippen LogP contribution in [-0.4, -0.2) is 86.0 Å². The Bertz CT molecular complexity index is 2940. The van der Waals surface area contributed by atoms with Crippen LogP contribution in [0.3, 0.4) is 0 Å². The van der Waals surface area contributed by atoms with Gasteiger partial charge in [-0.3, -0.25) is 14.6 Å². The molecule has 2 aliphatic rings. The predicted molar refractivity (Wildman–Crippen MR) is 246 cm³/mol. The molecule has 4 amide bonds. The van der Waals surface area contributed by atoms with Crippen molar-refractivity contribution in [3.63, 3.8) is 0 Å². The standard InChI is InChI=1S/C51H47N9O6/c1-65-50(63)57-44(35-11-5-3-6-12-35)48(61)59-25-9-15-42(59)46-53-30-40(55-46)34-22-19-32(20-23-34)17-18-33-21-24-37-28-38(29-52-39(37)27-33)41-31-54-47(56-41)43-16-10-26-60(43)49(62)45(58-51(64)66-2)36-13-7-4-8-14-36/h3-8,11-14,19-24,27-31,42-45H,9-10,15-16,25-26H2,1-2H3,(H,53,55)(H,54,56)(H,57,63)(H,58,64)/t42-,43-,44-,45-/m0/s1. The second kappa shape index (κ2) is 19.2. The number of pyridine rings is 1. The predicted octanol–water partition coefficient (Wildman–Crippen LogP) is 7.94. The highest BCUT2D eigenvalue weighted by Crippen LogP contribution is 2.36. The lowest BCUT2D eigenvalue weighted by molar-refractivity contribution is -0.135. The summed E-state index contributed by atoms with van der Waals surface area (Å²) in [6.07, 6.45) is 7.06. The maximum absolute atomic E-state index is 13.9. The van der Waals surface area contributed by atoms with E-state index < -0.39 is 24.3 Å². The maximum atomic E-state index is 13.9. The molecule has 66 heavy (non-hydrogen) atoms. The lowest BCUT2D eigenvalue weighted by atomic mass is 10.1. The van der Waals surface area contributed by atoms with Crippen LogP contribution in [0.25, 0.3) is 33.4 Å². The number of nitrogens with zero attached hydrogens (tertiary/aromatic N) is 5. The fourth-order valence-corrected chi connectivity index (χ4v) is 8.71. The minimum absolute atomic E-state index is 0.222. The number of carbonyl (C=O) groups excluding carboxylic acids is 4. The summed E-state index contributed by atoms with van der Waals surface area (Å²) in [5.74, 6) is 7.44. The summed E-state index contributed by atoms with van der Waals surface area (Å²) in [4.78, 5) is 76.8. The Hall–Kier alpha value is -8.25. The topological polar surface area (TPSA) is 188 Å². The fourth-order valence-electron chi connectivity index (χ4n) is 8.71. The molecular weight excluding hydrogens is 835 g/mol. The Morgan fingerprint density at radius 3 is 1.64 bits per heavy atom. The van der Waals surface area contributed by atoms with Crippen molar-refractivity contribution >= 4 is 34.9 Å². The third-order valence-electron chi connectivity index (χ3n) is 12.1. The second-order valence-electron chi connectivity index (χ2n) is 16.2. The van der Waals surface area contributed by atoms with Crippen LogP contribution >= 0.6 is 0 Å². The largest absolute Gasteiger partial charge is 0.453 e. The van der Waals surface area contributed by atoms with Crippen molar-refractivity contribution in [3.8, 4) is 34.4 Å². The number of aromatic nitrogens is 5. The summed E-state index contributed by atoms with van der Waals surface area (Å²) in [6, 6.07) is 31.8. The van der Waals surface area contributed by atoms with Crippen molar-refractivity contribution in [2.75, 3.05) is 27.3 Å². The minimum Gasteiger partial charge on any atom is -0.453 e. The number of imidazole rings is 2. The molecule has 9 rings (SSSR count). The molecule has 4 aromatic carbocycles. The van der Waals surface area contributed by atoms with Gasteiger partial charge in [0.25, 0.3) is 11.8 Å². The van der Waals surface area contributed by atoms with E-state index in [9.17, 15) is 19.2 Å². The van der Waals surface area contributed by atoms with Gasteiger partial charge in [-0.15, -0.1) is 0 Å². The fraction of sp³-hybridized carbons (Fsp3) is 0.235. The van der Waals surface area contributed by atoms with Crippen LogP contribution in [-0.2, 0) is 19.1 Å². The molecule has 15 nitrogen and oxygen atoms in total. The van der Waals surface area contributed by atoms with Crippen LogP contribution in [0.5, 0.6) is 0 Å². The Balaban J connectivity index is 0.849. The van der Waals surface area contributed by atoms with Crippen LogP contribution < -0.4 is 10.6 Å². The molecule has 0 saturated carbocycles. The lowest BCUT2D eigenvalue weighted by Crippen LogP contribution is -2.42. The van der Waals surface area contributed by atoms with E-state index in [2.05, 4.69) is 37.4 Å². The number of benzene rings is 4. The van der Waals surface area contributed by atoms with Crippen molar-refractivity contribution in [1.82, 2.24) is 45.4 Å². The Labute approximate surface area is 381 Å². The second-order valence-corrected chi connectivity index (χ2v) is 16.2. The zero-order chi connectivity index (χ0) is 45.6. The summed E-state index contributed by atoms with van der Waals surface area (Å²) >= 11 is 0. The normalized spacial score (nSPS) is 16.5. The van der Waals surface area contributed by atoms with Crippen LogP contribution in [0.1, 0.15) is 83.8 Å². The van der Waals surface area contributed by atoms with E-state index in [-0.39, 0.29) is 23.9 Å². The minimum atomic E-state index is -0.896. The lowest BCUT2D eigenvalue weighted by Gasteiger charge is -2.28. The molecule has 0 unspecified atom stereocenters. The van der Waals surface area contributed by atoms with Gasteiger partial charge in [0.1, 0.15) is 23.7 Å². The molecule has 15 heteroatoms. The number of amides is 4. The van der Waals surface area contributed by atoms with Crippen LogP contribution in [0, 0.1) is 11.8 Å². The first kappa shape index (κ1) is 43.0. The van der Waals surface area contributed by atoms with Gasteiger partial charge in [0.05, 0.1) is 55.6 Å². The zero-order valence-electron chi connectivity index (χ0n) is 36.4. The van der Waals surface area contributed by atoms with Gasteiger partial charge in [-0.05, 0) is 72.7 Å². The number of nitrogens with one attached hydrogen (secondary N) is 4. The summed E-state index contributed by atoms with van der Waals surface area (Å²) in [5.41, 5.74) is 7.18. The zero-order valence-corrected chi connectivity index (χ0v) is 36.4. The van der Waals surface area contributed by atoms with E-state index >= 15 is 0 Å². The molecule has 2 saturated heterocycles. The van der Waals surface area contributed by atoms with Gasteiger partial charge in [-0.1, -0.05) is 90.7 Å². The smallest absolute Gasteiger partial charge is 0.407 e. The number of carbonyl (C=O) groups is 4. The van der Waals surface area contributed by atoms with Crippen molar-refractivity contribution in [2.24, 2.45) is 0 Å². The number of hydrogen-bond donors (Lipinski definition) is 4. The first-order valence-electron chi connectivity index (χ1n) is 21.8. The van der Waals surface area contributed by atoms with Gasteiger partial charge in [0, 0.05) is 41.4 Å². The molecule has 2 aliphatic heterocycles. The Morgan fingerprint density at radius 2 is 1.11 bits per heavy atom. The van der Waals surface area contributed by atoms with Crippen LogP contribution in [0.15, 0.2) is 128 Å². The highest BCUT2D eigenvalue weighted by Gasteiger charge is 2.38. The molecule has 4 N–H and O–H groups in total. The third-order valence-corrected chi connectivity index (χ3v) is 12.1. The molecule has 3 aromatic heterocycles. The van der Waals surface area contributed by atoms with Crippen LogP contribution in [0.2, 0.25) is 0 Å². The number of alkyl carbamates (subject to hydrolysis) is 2. The number of aromatic amines is 2. The Morgan fingerprint density at radius 1 is 0.606 bits per heavy atom. The van der Waals surface area contributed by atoms with E-state index in [1.54, 1.807) is 28.4 Å².